The summed E-state index contributed by atoms with van der Waals surface area (Å²) in [6, 6.07) is 7.70. The summed E-state index contributed by atoms with van der Waals surface area (Å²) in [7, 11) is 4.00. The molecule has 180 valence electrons. The van der Waals surface area contributed by atoms with E-state index in [1.54, 1.807) is 0 Å². The van der Waals surface area contributed by atoms with Gasteiger partial charge in [0.1, 0.15) is 5.35 Å². The standard InChI is InChI=1S/C26H33N5O3/c1-30-13-3-5-21(30)25(32)27-18-9-7-17(8-10-18)15-24-29-20-16-19(11-12-23(20)34-24)28-26(33)22-6-4-14-31(22)2/h7-10,12,16,19,21-22H,3-6,11,13-15H2,1-2H3,(H,27,32)(H,28,33). The molecule has 3 unspecified atom stereocenters. The number of likely N-dealkylation sites (tertiary alicyclic amines) is 2. The molecule has 2 saturated heterocycles. The number of hydrogen-bond acceptors (Lipinski definition) is 6. The van der Waals surface area contributed by atoms with E-state index in [0.717, 1.165) is 60.8 Å². The summed E-state index contributed by atoms with van der Waals surface area (Å²) in [4.78, 5) is 34.0. The van der Waals surface area contributed by atoms with Gasteiger partial charge in [0.25, 0.3) is 0 Å². The highest BCUT2D eigenvalue weighted by atomic mass is 16.3. The highest BCUT2D eigenvalue weighted by molar-refractivity contribution is 5.95. The molecule has 3 aliphatic rings. The minimum absolute atomic E-state index is 0.0329. The first kappa shape index (κ1) is 22.8. The monoisotopic (exact) mass is 463 g/mol. The topological polar surface area (TPSA) is 90.7 Å². The largest absolute Gasteiger partial charge is 0.441 e. The van der Waals surface area contributed by atoms with Gasteiger partial charge in [-0.15, -0.1) is 0 Å². The molecular formula is C26H33N5O3. The Hall–Kier alpha value is -2.97. The first-order valence-corrected chi connectivity index (χ1v) is 12.2. The van der Waals surface area contributed by atoms with Gasteiger partial charge in [-0.2, -0.15) is 0 Å². The minimum atomic E-state index is -0.0613. The van der Waals surface area contributed by atoms with Gasteiger partial charge in [0.15, 0.2) is 11.3 Å². The number of anilines is 1. The first-order chi connectivity index (χ1) is 16.5. The molecule has 34 heavy (non-hydrogen) atoms. The Bertz CT molecular complexity index is 1170. The van der Waals surface area contributed by atoms with Crippen LogP contribution in [-0.4, -0.2) is 71.9 Å². The highest BCUT2D eigenvalue weighted by Gasteiger charge is 2.29. The van der Waals surface area contributed by atoms with Gasteiger partial charge in [-0.05, 0) is 89.1 Å². The van der Waals surface area contributed by atoms with E-state index in [1.165, 1.54) is 0 Å². The van der Waals surface area contributed by atoms with Crippen molar-refractivity contribution in [2.75, 3.05) is 32.5 Å². The summed E-state index contributed by atoms with van der Waals surface area (Å²) in [6.45, 7) is 1.94. The third kappa shape index (κ3) is 4.93. The molecule has 3 atom stereocenters. The van der Waals surface area contributed by atoms with Gasteiger partial charge in [0.2, 0.25) is 11.8 Å². The van der Waals surface area contributed by atoms with Crippen LogP contribution in [0.4, 0.5) is 5.69 Å². The van der Waals surface area contributed by atoms with E-state index in [1.807, 2.05) is 50.5 Å². The van der Waals surface area contributed by atoms with Crippen molar-refractivity contribution in [1.29, 1.82) is 0 Å². The molecule has 2 aromatic rings. The van der Waals surface area contributed by atoms with Crippen LogP contribution < -0.4 is 21.4 Å². The van der Waals surface area contributed by atoms with Crippen LogP contribution in [0.25, 0.3) is 12.2 Å². The van der Waals surface area contributed by atoms with E-state index in [-0.39, 0.29) is 29.9 Å². The number of aromatic nitrogens is 1. The van der Waals surface area contributed by atoms with Gasteiger partial charge < -0.3 is 15.1 Å². The van der Waals surface area contributed by atoms with Gasteiger partial charge in [-0.3, -0.25) is 19.4 Å². The summed E-state index contributed by atoms with van der Waals surface area (Å²) in [5.41, 5.74) is 2.63. The molecule has 2 aliphatic heterocycles. The lowest BCUT2D eigenvalue weighted by molar-refractivity contribution is -0.125. The molecule has 2 amide bonds. The van der Waals surface area contributed by atoms with E-state index < -0.39 is 0 Å². The fourth-order valence-corrected chi connectivity index (χ4v) is 5.19. The smallest absolute Gasteiger partial charge is 0.241 e. The maximum absolute atomic E-state index is 12.6. The van der Waals surface area contributed by atoms with E-state index >= 15 is 0 Å². The van der Waals surface area contributed by atoms with Crippen LogP contribution in [0.2, 0.25) is 0 Å². The zero-order valence-electron chi connectivity index (χ0n) is 19.9. The number of nitrogens with zero attached hydrogens (tertiary/aromatic N) is 3. The van der Waals surface area contributed by atoms with Crippen LogP contribution in [0, 0.1) is 0 Å². The Morgan fingerprint density at radius 2 is 1.71 bits per heavy atom. The number of hydrogen-bond donors (Lipinski definition) is 2. The Morgan fingerprint density at radius 3 is 2.35 bits per heavy atom. The molecule has 8 nitrogen and oxygen atoms in total. The van der Waals surface area contributed by atoms with Crippen LogP contribution in [-0.2, 0) is 16.0 Å². The van der Waals surface area contributed by atoms with Crippen molar-refractivity contribution in [3.63, 3.8) is 0 Å². The van der Waals surface area contributed by atoms with Crippen LogP contribution in [0.15, 0.2) is 28.7 Å². The van der Waals surface area contributed by atoms with Crippen molar-refractivity contribution in [3.05, 3.63) is 46.5 Å². The summed E-state index contributed by atoms with van der Waals surface area (Å²) < 4.78 is 5.96. The maximum atomic E-state index is 12.6. The van der Waals surface area contributed by atoms with E-state index in [2.05, 4.69) is 25.4 Å². The van der Waals surface area contributed by atoms with Crippen LogP contribution in [0.5, 0.6) is 0 Å². The third-order valence-electron chi connectivity index (χ3n) is 7.19. The number of benzene rings is 1. The average molecular weight is 464 g/mol. The summed E-state index contributed by atoms with van der Waals surface area (Å²) >= 11 is 0. The van der Waals surface area contributed by atoms with Gasteiger partial charge in [0, 0.05) is 12.1 Å². The summed E-state index contributed by atoms with van der Waals surface area (Å²) in [5.74, 6) is 0.790. The molecule has 0 radical (unpaired) electrons. The molecule has 2 N–H and O–H groups in total. The molecule has 3 heterocycles. The summed E-state index contributed by atoms with van der Waals surface area (Å²) in [5, 5.41) is 6.96. The van der Waals surface area contributed by atoms with Gasteiger partial charge >= 0.3 is 0 Å². The lowest BCUT2D eigenvalue weighted by Crippen LogP contribution is -2.47. The molecule has 5 rings (SSSR count). The number of likely N-dealkylation sites (N-methyl/N-ethyl adjacent to an activating group) is 2. The highest BCUT2D eigenvalue weighted by Crippen LogP contribution is 2.18. The molecule has 1 aromatic carbocycles. The predicted octanol–water partition coefficient (Wildman–Crippen LogP) is 0.842. The molecule has 0 bridgehead atoms. The molecule has 2 fully saturated rings. The lowest BCUT2D eigenvalue weighted by Gasteiger charge is -2.22. The molecule has 0 saturated carbocycles. The van der Waals surface area contributed by atoms with Crippen molar-refractivity contribution in [2.24, 2.45) is 0 Å². The zero-order chi connectivity index (χ0) is 23.7. The fraction of sp³-hybridized carbons (Fsp3) is 0.500. The van der Waals surface area contributed by atoms with Crippen molar-refractivity contribution in [2.45, 2.75) is 56.7 Å². The van der Waals surface area contributed by atoms with Crippen molar-refractivity contribution < 1.29 is 14.0 Å². The number of carbonyl (C=O) groups is 2. The second kappa shape index (κ2) is 9.72. The van der Waals surface area contributed by atoms with Gasteiger partial charge in [0.05, 0.1) is 18.1 Å². The molecule has 1 aliphatic carbocycles. The van der Waals surface area contributed by atoms with E-state index in [0.29, 0.717) is 18.7 Å². The van der Waals surface area contributed by atoms with Crippen molar-refractivity contribution >= 4 is 29.7 Å². The second-order valence-electron chi connectivity index (χ2n) is 9.72. The third-order valence-corrected chi connectivity index (χ3v) is 7.19. The fourth-order valence-electron chi connectivity index (χ4n) is 5.19. The van der Waals surface area contributed by atoms with E-state index in [9.17, 15) is 9.59 Å². The number of nitrogens with one attached hydrogen (secondary N) is 2. The number of rotatable bonds is 6. The van der Waals surface area contributed by atoms with Crippen LogP contribution >= 0.6 is 0 Å². The quantitative estimate of drug-likeness (QED) is 0.660. The Morgan fingerprint density at radius 1 is 1.03 bits per heavy atom. The van der Waals surface area contributed by atoms with Crippen LogP contribution in [0.3, 0.4) is 0 Å². The lowest BCUT2D eigenvalue weighted by atomic mass is 10.1. The molecular weight excluding hydrogens is 430 g/mol. The Labute approximate surface area is 199 Å². The van der Waals surface area contributed by atoms with E-state index in [4.69, 9.17) is 4.42 Å². The van der Waals surface area contributed by atoms with Crippen molar-refractivity contribution in [3.8, 4) is 0 Å². The normalized spacial score (nSPS) is 24.8. The summed E-state index contributed by atoms with van der Waals surface area (Å²) in [6.07, 6.45) is 9.22. The second-order valence-corrected chi connectivity index (χ2v) is 9.72. The molecule has 0 spiro atoms. The Balaban J connectivity index is 1.20. The number of fused-ring (bicyclic) bond motifs is 1. The Kier molecular flexibility index (Phi) is 6.52. The molecule has 1 aromatic heterocycles. The van der Waals surface area contributed by atoms with Gasteiger partial charge in [-0.1, -0.05) is 12.1 Å². The number of carbonyl (C=O) groups excluding carboxylic acids is 2. The van der Waals surface area contributed by atoms with Gasteiger partial charge in [-0.25, -0.2) is 4.98 Å². The zero-order valence-corrected chi connectivity index (χ0v) is 19.9. The van der Waals surface area contributed by atoms with Crippen molar-refractivity contribution in [1.82, 2.24) is 20.1 Å². The predicted molar refractivity (Wildman–Crippen MR) is 130 cm³/mol. The number of amides is 2. The first-order valence-electron chi connectivity index (χ1n) is 12.2. The minimum Gasteiger partial charge on any atom is -0.441 e. The SMILES string of the molecule is CN1CCCC1C(=O)Nc1ccc(Cc2nc3c(o2)=CCC(NC(=O)C2CCCN2C)C=3)cc1. The maximum Gasteiger partial charge on any atom is 0.241 e. The number of oxazole rings is 1. The van der Waals surface area contributed by atoms with Crippen LogP contribution in [0.1, 0.15) is 43.6 Å². The average Bonchev–Trinajstić information content (AvgIpc) is 3.54. The molecule has 8 heteroatoms.